The number of rotatable bonds is 11. The molecule has 394 valence electrons. The molecule has 0 aliphatic rings. The van der Waals surface area contributed by atoms with Gasteiger partial charge in [0.25, 0.3) is 22.2 Å². The number of aryl methyl sites for hydroxylation is 4. The Morgan fingerprint density at radius 1 is 0.541 bits per heavy atom. The largest absolute Gasteiger partial charge is 0.392 e. The van der Waals surface area contributed by atoms with Crippen LogP contribution in [0.3, 0.4) is 0 Å². The van der Waals surface area contributed by atoms with Gasteiger partial charge in [0.05, 0.1) is 57.4 Å². The normalized spacial score (nSPS) is 10.8. The Bertz CT molecular complexity index is 3480. The number of aromatic nitrogens is 4. The molecule has 0 fully saturated rings. The molecule has 0 aliphatic heterocycles. The van der Waals surface area contributed by atoms with E-state index in [1.807, 2.05) is 0 Å². The number of aliphatic hydroxyl groups excluding tert-OH is 1. The fourth-order valence-electron chi connectivity index (χ4n) is 8.07. The summed E-state index contributed by atoms with van der Waals surface area (Å²) in [5.41, 5.74) is 4.62. The summed E-state index contributed by atoms with van der Waals surface area (Å²) in [5, 5.41) is 12.2. The van der Waals surface area contributed by atoms with Gasteiger partial charge in [-0.3, -0.25) is 19.2 Å². The van der Waals surface area contributed by atoms with Crippen LogP contribution < -0.4 is 22.2 Å². The molecule has 0 saturated heterocycles. The first kappa shape index (κ1) is 60.9. The van der Waals surface area contributed by atoms with E-state index in [1.54, 1.807) is 72.8 Å². The third-order valence-electron chi connectivity index (χ3n) is 11.5. The van der Waals surface area contributed by atoms with Crippen LogP contribution in [-0.4, -0.2) is 55.4 Å². The summed E-state index contributed by atoms with van der Waals surface area (Å²) in [4.78, 5) is 57.9. The number of benzene rings is 4. The minimum atomic E-state index is -0.482. The number of hydrogen-bond acceptors (Lipinski definition) is 9. The molecule has 0 bridgehead atoms. The predicted molar refractivity (Wildman–Crippen MR) is 298 cm³/mol. The Hall–Kier alpha value is -5.62. The van der Waals surface area contributed by atoms with Crippen LogP contribution in [0.1, 0.15) is 40.3 Å². The van der Waals surface area contributed by atoms with Crippen molar-refractivity contribution in [2.75, 3.05) is 25.8 Å². The van der Waals surface area contributed by atoms with Crippen LogP contribution in [0, 0.1) is 23.3 Å². The van der Waals surface area contributed by atoms with Crippen molar-refractivity contribution in [2.45, 2.75) is 46.2 Å². The molecular formula is C54H55Br2F4IN4O9. The lowest BCUT2D eigenvalue weighted by atomic mass is 10.0. The molecule has 0 aliphatic carbocycles. The molecule has 4 aromatic heterocycles. The maximum atomic E-state index is 13.9. The third-order valence-corrected chi connectivity index (χ3v) is 13.0. The number of aliphatic hydroxyl groups is 1. The summed E-state index contributed by atoms with van der Waals surface area (Å²) in [6.07, 6.45) is 2.58. The highest BCUT2D eigenvalue weighted by Gasteiger charge is 2.17. The molecule has 1 N–H and O–H groups in total. The zero-order valence-electron chi connectivity index (χ0n) is 41.9. The van der Waals surface area contributed by atoms with Crippen molar-refractivity contribution in [2.24, 2.45) is 28.2 Å². The average molecular weight is 1270 g/mol. The monoisotopic (exact) mass is 1260 g/mol. The number of nitrogens with zero attached hydrogens (tertiary/aromatic N) is 4. The van der Waals surface area contributed by atoms with Gasteiger partial charge in [-0.2, -0.15) is 0 Å². The fourth-order valence-corrected chi connectivity index (χ4v) is 9.29. The van der Waals surface area contributed by atoms with E-state index in [9.17, 15) is 41.5 Å². The summed E-state index contributed by atoms with van der Waals surface area (Å²) in [6.45, 7) is 6.41. The summed E-state index contributed by atoms with van der Waals surface area (Å²) in [7, 11) is 11.0. The summed E-state index contributed by atoms with van der Waals surface area (Å²) in [5.74, 6) is -1.62. The molecule has 8 aromatic rings. The first-order valence-corrected chi connectivity index (χ1v) is 25.6. The topological polar surface area (TPSA) is 153 Å². The standard InChI is InChI=1S/C15H16FNO2.C14H14FNO3.C12H11BrFNO2.C11H9BrFNO2.C2H5I/c1-4-5-12-13(16)7-6-11-10(9-19-3)8-14(18)17(2)15(11)12;1-16-13(18)7-9(8-19-2)10-3-4-12(15)11(5-6-17)14(10)16;1-15-10(16)5-7(6-17-2)8-3-4-9(14)11(13)12(8)15;1-14-9(16)4-6(5-15)7-2-3-8(13)10(12)11(7)14;1-2-3/h4,6-8H,1,5,9H2,2-3H3;3-4,6-7H,5,8H2,1-2H3;3-5H,6H2,1-2H3;2-4,15H,5H2,1H3;2H2,1H3. The van der Waals surface area contributed by atoms with Gasteiger partial charge in [-0.05, 0) is 113 Å². The second-order valence-corrected chi connectivity index (χ2v) is 19.3. The molecular weight excluding hydrogens is 1210 g/mol. The van der Waals surface area contributed by atoms with E-state index >= 15 is 0 Å². The number of carbonyl (C=O) groups excluding carboxylic acids is 1. The molecule has 0 saturated carbocycles. The predicted octanol–water partition coefficient (Wildman–Crippen LogP) is 10.1. The number of aldehydes is 1. The number of carbonyl (C=O) groups is 1. The molecule has 0 spiro atoms. The second kappa shape index (κ2) is 28.3. The average Bonchev–Trinajstić information content (AvgIpc) is 3.36. The molecule has 0 atom stereocenters. The summed E-state index contributed by atoms with van der Waals surface area (Å²) >= 11 is 8.58. The van der Waals surface area contributed by atoms with E-state index in [0.717, 1.165) is 27.3 Å². The van der Waals surface area contributed by atoms with Crippen LogP contribution in [0.4, 0.5) is 17.6 Å². The molecule has 0 unspecified atom stereocenters. The molecule has 4 aromatic carbocycles. The van der Waals surface area contributed by atoms with Crippen molar-refractivity contribution in [3.63, 3.8) is 0 Å². The zero-order valence-corrected chi connectivity index (χ0v) is 47.2. The van der Waals surface area contributed by atoms with Crippen molar-refractivity contribution in [1.29, 1.82) is 0 Å². The number of alkyl halides is 1. The second-order valence-electron chi connectivity index (χ2n) is 16.2. The van der Waals surface area contributed by atoms with Crippen molar-refractivity contribution in [3.8, 4) is 0 Å². The Morgan fingerprint density at radius 2 is 0.824 bits per heavy atom. The van der Waals surface area contributed by atoms with Gasteiger partial charge >= 0.3 is 0 Å². The van der Waals surface area contributed by atoms with Crippen molar-refractivity contribution < 1.29 is 41.7 Å². The smallest absolute Gasteiger partial charge is 0.251 e. The minimum absolute atomic E-state index is 0.0626. The number of allylic oxidation sites excluding steroid dienone is 1. The van der Waals surface area contributed by atoms with E-state index < -0.39 is 11.6 Å². The fraction of sp³-hybridized carbons (Fsp3) is 0.278. The van der Waals surface area contributed by atoms with Gasteiger partial charge < -0.3 is 42.4 Å². The number of fused-ring (bicyclic) bond motifs is 4. The zero-order chi connectivity index (χ0) is 55.1. The maximum absolute atomic E-state index is 13.9. The number of hydrogen-bond donors (Lipinski definition) is 1. The first-order valence-electron chi connectivity index (χ1n) is 22.4. The van der Waals surface area contributed by atoms with Crippen LogP contribution in [0.25, 0.3) is 43.6 Å². The van der Waals surface area contributed by atoms with Crippen LogP contribution >= 0.6 is 54.5 Å². The van der Waals surface area contributed by atoms with E-state index in [1.165, 1.54) is 78.3 Å². The first-order chi connectivity index (χ1) is 35.2. The van der Waals surface area contributed by atoms with Gasteiger partial charge in [-0.1, -0.05) is 35.6 Å². The SMILES string of the molecule is C=CCc1c(F)ccc2c(COC)cc(=O)n(C)c12.CCI.COCc1cc(=O)n(C)c2c(Br)c(F)ccc12.COCc1cc(=O)n(C)c2c(CC=O)c(F)ccc12.Cn1c(=O)cc(CO)c2ccc(F)c(Br)c21. The molecule has 20 heteroatoms. The van der Waals surface area contributed by atoms with E-state index in [4.69, 9.17) is 19.3 Å². The lowest BCUT2D eigenvalue weighted by Gasteiger charge is -2.13. The highest BCUT2D eigenvalue weighted by Crippen LogP contribution is 2.30. The van der Waals surface area contributed by atoms with Crippen LogP contribution in [0.15, 0.2) is 114 Å². The third kappa shape index (κ3) is 13.8. The lowest BCUT2D eigenvalue weighted by molar-refractivity contribution is -0.107. The molecule has 8 rings (SSSR count). The van der Waals surface area contributed by atoms with Gasteiger partial charge in [-0.25, -0.2) is 17.6 Å². The van der Waals surface area contributed by atoms with Crippen molar-refractivity contribution >= 4 is 104 Å². The highest BCUT2D eigenvalue weighted by atomic mass is 127. The molecule has 0 amide bonds. The molecule has 0 radical (unpaired) electrons. The Labute approximate surface area is 454 Å². The van der Waals surface area contributed by atoms with E-state index in [0.29, 0.717) is 74.5 Å². The highest BCUT2D eigenvalue weighted by molar-refractivity contribution is 14.1. The maximum Gasteiger partial charge on any atom is 0.251 e. The minimum Gasteiger partial charge on any atom is -0.392 e. The quantitative estimate of drug-likeness (QED) is 0.0439. The van der Waals surface area contributed by atoms with Crippen molar-refractivity contribution in [3.05, 3.63) is 192 Å². The van der Waals surface area contributed by atoms with Crippen LogP contribution in [0.2, 0.25) is 0 Å². The summed E-state index contributed by atoms with van der Waals surface area (Å²) < 4.78 is 77.2. The van der Waals surface area contributed by atoms with Crippen LogP contribution in [0.5, 0.6) is 0 Å². The number of pyridine rings is 4. The van der Waals surface area contributed by atoms with E-state index in [2.05, 4.69) is 68.0 Å². The molecule has 74 heavy (non-hydrogen) atoms. The Kier molecular flexibility index (Phi) is 23.3. The van der Waals surface area contributed by atoms with Gasteiger partial charge in [-0.15, -0.1) is 6.58 Å². The number of ether oxygens (including phenoxy) is 3. The van der Waals surface area contributed by atoms with Gasteiger partial charge in [0.15, 0.2) is 0 Å². The number of halogens is 7. The van der Waals surface area contributed by atoms with Gasteiger partial charge in [0, 0.05) is 113 Å². The summed E-state index contributed by atoms with van der Waals surface area (Å²) in [6, 6.07) is 17.8. The lowest BCUT2D eigenvalue weighted by Crippen LogP contribution is -2.19. The van der Waals surface area contributed by atoms with Crippen LogP contribution in [-0.2, 0) is 86.5 Å². The molecule has 4 heterocycles. The molecule has 13 nitrogen and oxygen atoms in total. The van der Waals surface area contributed by atoms with Gasteiger partial charge in [0.2, 0.25) is 0 Å². The number of methoxy groups -OCH3 is 3. The Morgan fingerprint density at radius 3 is 1.14 bits per heavy atom. The Balaban J connectivity index is 0.000000210. The van der Waals surface area contributed by atoms with Crippen molar-refractivity contribution in [1.82, 2.24) is 18.3 Å². The van der Waals surface area contributed by atoms with E-state index in [-0.39, 0.29) is 63.5 Å². The van der Waals surface area contributed by atoms with Gasteiger partial charge in [0.1, 0.15) is 29.6 Å².